The fourth-order valence-corrected chi connectivity index (χ4v) is 5.43. The second-order valence-electron chi connectivity index (χ2n) is 10.1. The number of piperazine rings is 1. The van der Waals surface area contributed by atoms with E-state index in [9.17, 15) is 9.59 Å². The van der Waals surface area contributed by atoms with E-state index < -0.39 is 0 Å². The molecule has 0 bridgehead atoms. The standard InChI is InChI=1S/C32H35ClN4O4/c1-3-16-37(31(38)26-10-4-5-11-27(26)33)22-24-9-8-17-36(24)23-25-14-15-30(41-25)32(39)35-20-18-34(19-21-35)28-12-6-7-13-29(28)40-2/h4-15,17H,3,16,18-23H2,1-2H3. The molecule has 8 nitrogen and oxygen atoms in total. The number of halogens is 1. The van der Waals surface area contributed by atoms with E-state index in [1.165, 1.54) is 0 Å². The number of carbonyl (C=O) groups excluding carboxylic acids is 2. The summed E-state index contributed by atoms with van der Waals surface area (Å²) in [7, 11) is 1.67. The number of amides is 2. The summed E-state index contributed by atoms with van der Waals surface area (Å²) in [4.78, 5) is 32.4. The van der Waals surface area contributed by atoms with Crippen LogP contribution in [0.25, 0.3) is 0 Å². The number of ether oxygens (including phenoxy) is 1. The van der Waals surface area contributed by atoms with Crippen molar-refractivity contribution < 1.29 is 18.7 Å². The van der Waals surface area contributed by atoms with E-state index in [4.69, 9.17) is 20.8 Å². The summed E-state index contributed by atoms with van der Waals surface area (Å²) in [5.74, 6) is 1.64. The van der Waals surface area contributed by atoms with Crippen LogP contribution in [0, 0.1) is 0 Å². The van der Waals surface area contributed by atoms with E-state index in [1.54, 1.807) is 25.3 Å². The molecule has 0 radical (unpaired) electrons. The van der Waals surface area contributed by atoms with Crippen LogP contribution >= 0.6 is 11.6 Å². The number of hydrogen-bond donors (Lipinski definition) is 0. The van der Waals surface area contributed by atoms with Gasteiger partial charge in [-0.15, -0.1) is 0 Å². The van der Waals surface area contributed by atoms with Crippen molar-refractivity contribution in [2.75, 3.05) is 44.7 Å². The molecule has 41 heavy (non-hydrogen) atoms. The van der Waals surface area contributed by atoms with Crippen molar-refractivity contribution in [1.82, 2.24) is 14.4 Å². The Kier molecular flexibility index (Phi) is 8.99. The third-order valence-electron chi connectivity index (χ3n) is 7.35. The van der Waals surface area contributed by atoms with Crippen LogP contribution in [0.1, 0.15) is 45.7 Å². The highest BCUT2D eigenvalue weighted by Gasteiger charge is 2.26. The number of anilines is 1. The zero-order chi connectivity index (χ0) is 28.8. The molecular formula is C32H35ClN4O4. The number of aromatic nitrogens is 1. The Morgan fingerprint density at radius 1 is 0.951 bits per heavy atom. The monoisotopic (exact) mass is 574 g/mol. The van der Waals surface area contributed by atoms with Crippen molar-refractivity contribution in [2.24, 2.45) is 0 Å². The van der Waals surface area contributed by atoms with Crippen LogP contribution in [0.3, 0.4) is 0 Å². The molecule has 3 heterocycles. The van der Waals surface area contributed by atoms with Gasteiger partial charge in [-0.3, -0.25) is 9.59 Å². The summed E-state index contributed by atoms with van der Waals surface area (Å²) < 4.78 is 13.6. The van der Waals surface area contributed by atoms with Gasteiger partial charge < -0.3 is 28.4 Å². The van der Waals surface area contributed by atoms with E-state index >= 15 is 0 Å². The first-order valence-corrected chi connectivity index (χ1v) is 14.3. The van der Waals surface area contributed by atoms with Crippen molar-refractivity contribution >= 4 is 29.1 Å². The smallest absolute Gasteiger partial charge is 0.289 e. The molecule has 0 atom stereocenters. The lowest BCUT2D eigenvalue weighted by Crippen LogP contribution is -2.48. The summed E-state index contributed by atoms with van der Waals surface area (Å²) in [6.45, 7) is 6.18. The molecule has 0 N–H and O–H groups in total. The molecule has 5 rings (SSSR count). The number of methoxy groups -OCH3 is 1. The zero-order valence-electron chi connectivity index (χ0n) is 23.5. The SMILES string of the molecule is CCCN(Cc1cccn1Cc1ccc(C(=O)N2CCN(c3ccccc3OC)CC2)o1)C(=O)c1ccccc1Cl. The van der Waals surface area contributed by atoms with Crippen molar-refractivity contribution in [2.45, 2.75) is 26.4 Å². The third-order valence-corrected chi connectivity index (χ3v) is 7.68. The van der Waals surface area contributed by atoms with Gasteiger partial charge in [-0.05, 0) is 55.0 Å². The molecule has 1 aliphatic rings. The summed E-state index contributed by atoms with van der Waals surface area (Å²) in [6, 6.07) is 22.6. The maximum Gasteiger partial charge on any atom is 0.289 e. The predicted octanol–water partition coefficient (Wildman–Crippen LogP) is 5.81. The molecule has 2 amide bonds. The Bertz CT molecular complexity index is 1490. The molecule has 2 aromatic carbocycles. The van der Waals surface area contributed by atoms with Gasteiger partial charge in [0.05, 0.1) is 36.5 Å². The van der Waals surface area contributed by atoms with E-state index in [2.05, 4.69) is 4.90 Å². The quantitative estimate of drug-likeness (QED) is 0.239. The lowest BCUT2D eigenvalue weighted by atomic mass is 10.2. The second-order valence-corrected chi connectivity index (χ2v) is 10.5. The number of nitrogens with zero attached hydrogens (tertiary/aromatic N) is 4. The molecule has 2 aromatic heterocycles. The van der Waals surface area contributed by atoms with Crippen LogP contribution in [0.15, 0.2) is 83.4 Å². The van der Waals surface area contributed by atoms with Gasteiger partial charge in [-0.25, -0.2) is 0 Å². The Labute approximate surface area is 245 Å². The highest BCUT2D eigenvalue weighted by atomic mass is 35.5. The van der Waals surface area contributed by atoms with Gasteiger partial charge in [0, 0.05) is 44.6 Å². The Morgan fingerprint density at radius 3 is 2.46 bits per heavy atom. The minimum Gasteiger partial charge on any atom is -0.495 e. The summed E-state index contributed by atoms with van der Waals surface area (Å²) in [5.41, 5.74) is 2.50. The minimum absolute atomic E-state index is 0.0955. The lowest BCUT2D eigenvalue weighted by Gasteiger charge is -2.36. The normalized spacial score (nSPS) is 13.3. The van der Waals surface area contributed by atoms with E-state index in [1.807, 2.05) is 82.1 Å². The van der Waals surface area contributed by atoms with Crippen molar-refractivity contribution in [1.29, 1.82) is 0 Å². The number of para-hydroxylation sites is 2. The number of carbonyl (C=O) groups is 2. The van der Waals surface area contributed by atoms with Crippen LogP contribution < -0.4 is 9.64 Å². The fourth-order valence-electron chi connectivity index (χ4n) is 5.21. The molecule has 4 aromatic rings. The zero-order valence-corrected chi connectivity index (χ0v) is 24.2. The van der Waals surface area contributed by atoms with Crippen molar-refractivity contribution in [3.05, 3.63) is 107 Å². The first-order chi connectivity index (χ1) is 20.0. The van der Waals surface area contributed by atoms with Gasteiger partial charge in [0.15, 0.2) is 5.76 Å². The van der Waals surface area contributed by atoms with Gasteiger partial charge >= 0.3 is 0 Å². The fraction of sp³-hybridized carbons (Fsp3) is 0.312. The molecule has 9 heteroatoms. The van der Waals surface area contributed by atoms with Crippen LogP contribution in [-0.2, 0) is 13.1 Å². The molecule has 0 unspecified atom stereocenters. The van der Waals surface area contributed by atoms with Crippen LogP contribution in [-0.4, -0.2) is 66.0 Å². The average molecular weight is 575 g/mol. The number of furan rings is 1. The highest BCUT2D eigenvalue weighted by Crippen LogP contribution is 2.28. The number of benzene rings is 2. The molecule has 1 aliphatic heterocycles. The van der Waals surface area contributed by atoms with Crippen LogP contribution in [0.5, 0.6) is 5.75 Å². The highest BCUT2D eigenvalue weighted by molar-refractivity contribution is 6.33. The molecule has 0 aliphatic carbocycles. The largest absolute Gasteiger partial charge is 0.495 e. The minimum atomic E-state index is -0.108. The van der Waals surface area contributed by atoms with Crippen LogP contribution in [0.2, 0.25) is 5.02 Å². The van der Waals surface area contributed by atoms with Gasteiger partial charge in [-0.2, -0.15) is 0 Å². The Balaban J connectivity index is 1.22. The molecule has 1 saturated heterocycles. The van der Waals surface area contributed by atoms with E-state index in [0.717, 1.165) is 23.6 Å². The topological polar surface area (TPSA) is 71.2 Å². The third kappa shape index (κ3) is 6.43. The number of hydrogen-bond acceptors (Lipinski definition) is 5. The van der Waals surface area contributed by atoms with Gasteiger partial charge in [0.2, 0.25) is 0 Å². The van der Waals surface area contributed by atoms with Crippen molar-refractivity contribution in [3.8, 4) is 5.75 Å². The first-order valence-electron chi connectivity index (χ1n) is 13.9. The second kappa shape index (κ2) is 13.0. The molecular weight excluding hydrogens is 540 g/mol. The molecule has 214 valence electrons. The predicted molar refractivity (Wildman–Crippen MR) is 160 cm³/mol. The Hall–Kier alpha value is -4.17. The van der Waals surface area contributed by atoms with E-state index in [-0.39, 0.29) is 11.8 Å². The number of rotatable bonds is 10. The summed E-state index contributed by atoms with van der Waals surface area (Å²) in [5, 5.41) is 0.447. The Morgan fingerprint density at radius 2 is 1.71 bits per heavy atom. The molecule has 1 fully saturated rings. The molecule has 0 spiro atoms. The summed E-state index contributed by atoms with van der Waals surface area (Å²) >= 11 is 6.31. The van der Waals surface area contributed by atoms with Crippen molar-refractivity contribution in [3.63, 3.8) is 0 Å². The van der Waals surface area contributed by atoms with E-state index in [0.29, 0.717) is 67.9 Å². The first kappa shape index (κ1) is 28.4. The maximum atomic E-state index is 13.3. The molecule has 0 saturated carbocycles. The summed E-state index contributed by atoms with van der Waals surface area (Å²) in [6.07, 6.45) is 2.79. The lowest BCUT2D eigenvalue weighted by molar-refractivity contribution is 0.0709. The van der Waals surface area contributed by atoms with Crippen LogP contribution in [0.4, 0.5) is 5.69 Å². The van der Waals surface area contributed by atoms with Gasteiger partial charge in [-0.1, -0.05) is 42.8 Å². The maximum absolute atomic E-state index is 13.3. The van der Waals surface area contributed by atoms with Gasteiger partial charge in [0.1, 0.15) is 11.5 Å². The average Bonchev–Trinajstić information content (AvgIpc) is 3.66. The van der Waals surface area contributed by atoms with Gasteiger partial charge in [0.25, 0.3) is 11.8 Å².